The summed E-state index contributed by atoms with van der Waals surface area (Å²) in [4.78, 5) is 24.3. The Balaban J connectivity index is 2.13. The Bertz CT molecular complexity index is 761. The highest BCUT2D eigenvalue weighted by atomic mass is 31.2. The number of piperidine rings is 1. The summed E-state index contributed by atoms with van der Waals surface area (Å²) in [7, 11) is -3.76. The number of carbonyl (C=O) groups is 2. The van der Waals surface area contributed by atoms with E-state index in [2.05, 4.69) is 5.09 Å². The molecule has 2 unspecified atom stereocenters. The number of nitrogens with one attached hydrogen (secondary N) is 1. The fraction of sp³-hybridized carbons (Fsp3) is 0.579. The summed E-state index contributed by atoms with van der Waals surface area (Å²) in [5.74, 6) is -1.16. The van der Waals surface area contributed by atoms with Crippen LogP contribution in [0.1, 0.15) is 44.7 Å². The minimum Gasteiger partial charge on any atom is -0.438 e. The van der Waals surface area contributed by atoms with Crippen LogP contribution in [-0.2, 0) is 30.0 Å². The van der Waals surface area contributed by atoms with Gasteiger partial charge >= 0.3 is 5.97 Å². The van der Waals surface area contributed by atoms with Gasteiger partial charge in [0, 0.05) is 13.1 Å². The van der Waals surface area contributed by atoms with Crippen molar-refractivity contribution in [3.63, 3.8) is 0 Å². The van der Waals surface area contributed by atoms with Crippen LogP contribution in [0, 0.1) is 12.3 Å². The van der Waals surface area contributed by atoms with Gasteiger partial charge in [0.05, 0.1) is 5.41 Å². The summed E-state index contributed by atoms with van der Waals surface area (Å²) < 4.78 is 24.0. The van der Waals surface area contributed by atoms with Crippen molar-refractivity contribution in [2.75, 3.05) is 13.3 Å². The van der Waals surface area contributed by atoms with Crippen LogP contribution in [0.15, 0.2) is 24.3 Å². The molecule has 2 atom stereocenters. The number of amides is 1. The third-order valence-electron chi connectivity index (χ3n) is 4.43. The minimum atomic E-state index is -3.76. The molecule has 9 heteroatoms. The van der Waals surface area contributed by atoms with Crippen LogP contribution >= 0.6 is 7.52 Å². The monoisotopic (exact) mass is 412 g/mol. The molecule has 8 nitrogen and oxygen atoms in total. The van der Waals surface area contributed by atoms with E-state index in [9.17, 15) is 19.4 Å². The number of carbonyl (C=O) groups excluding carboxylic acids is 2. The summed E-state index contributed by atoms with van der Waals surface area (Å²) in [6.45, 7) is 6.88. The van der Waals surface area contributed by atoms with E-state index < -0.39 is 37.3 Å². The van der Waals surface area contributed by atoms with Gasteiger partial charge in [0.1, 0.15) is 5.66 Å². The summed E-state index contributed by atoms with van der Waals surface area (Å²) in [6.07, 6.45) is 0.801. The van der Waals surface area contributed by atoms with Gasteiger partial charge in [-0.1, -0.05) is 29.8 Å². The maximum absolute atomic E-state index is 13.5. The Kier molecular flexibility index (Phi) is 7.39. The van der Waals surface area contributed by atoms with E-state index in [1.807, 2.05) is 31.2 Å². The van der Waals surface area contributed by atoms with Crippen molar-refractivity contribution in [3.05, 3.63) is 35.4 Å². The van der Waals surface area contributed by atoms with Crippen molar-refractivity contribution < 1.29 is 28.6 Å². The molecular weight excluding hydrogens is 383 g/mol. The van der Waals surface area contributed by atoms with Gasteiger partial charge in [0.25, 0.3) is 13.4 Å². The molecule has 156 valence electrons. The molecule has 0 radical (unpaired) electrons. The smallest absolute Gasteiger partial charge is 0.313 e. The summed E-state index contributed by atoms with van der Waals surface area (Å²) in [5.41, 5.74) is 0.152. The third-order valence-corrected chi connectivity index (χ3v) is 6.82. The molecule has 2 N–H and O–H groups in total. The summed E-state index contributed by atoms with van der Waals surface area (Å²) >= 11 is 0. The maximum Gasteiger partial charge on any atom is 0.313 e. The Hall–Kier alpha value is -1.73. The van der Waals surface area contributed by atoms with Gasteiger partial charge in [-0.2, -0.15) is 0 Å². The zero-order chi connectivity index (χ0) is 20.9. The minimum absolute atomic E-state index is 0.187. The average Bonchev–Trinajstić information content (AvgIpc) is 2.61. The van der Waals surface area contributed by atoms with E-state index in [-0.39, 0.29) is 13.1 Å². The number of nitrogens with zero attached hydrogens (tertiary/aromatic N) is 1. The first kappa shape index (κ1) is 22.6. The predicted octanol–water partition coefficient (Wildman–Crippen LogP) is 3.22. The Morgan fingerprint density at radius 3 is 2.75 bits per heavy atom. The van der Waals surface area contributed by atoms with E-state index in [1.54, 1.807) is 20.8 Å². The molecule has 1 aromatic carbocycles. The van der Waals surface area contributed by atoms with E-state index in [0.717, 1.165) is 11.1 Å². The van der Waals surface area contributed by atoms with Crippen molar-refractivity contribution >= 4 is 19.4 Å². The molecule has 28 heavy (non-hydrogen) atoms. The number of benzene rings is 1. The van der Waals surface area contributed by atoms with Crippen LogP contribution in [0.5, 0.6) is 0 Å². The molecule has 1 fully saturated rings. The van der Waals surface area contributed by atoms with Crippen LogP contribution in [0.3, 0.4) is 0 Å². The fourth-order valence-electron chi connectivity index (χ4n) is 2.80. The molecule has 1 heterocycles. The van der Waals surface area contributed by atoms with Crippen LogP contribution < -0.4 is 5.09 Å². The molecule has 0 spiro atoms. The maximum atomic E-state index is 13.5. The highest BCUT2D eigenvalue weighted by Gasteiger charge is 2.44. The lowest BCUT2D eigenvalue weighted by Crippen LogP contribution is -2.44. The van der Waals surface area contributed by atoms with Crippen LogP contribution in [0.4, 0.5) is 0 Å². The quantitative estimate of drug-likeness (QED) is 0.307. The van der Waals surface area contributed by atoms with Crippen molar-refractivity contribution in [2.45, 2.75) is 52.7 Å². The number of rotatable bonds is 7. The van der Waals surface area contributed by atoms with E-state index in [1.165, 1.54) is 0 Å². The standard InChI is InChI=1S/C19H29N2O6P/c1-14-7-5-8-15(11-14)12-20-28(25,16-9-6-10-21(24)17(16)22)27-13-26-18(23)19(2,3)4/h5,7-8,11,16,24H,6,9-10,12-13H2,1-4H3,(H,20,25). The van der Waals surface area contributed by atoms with Crippen molar-refractivity contribution in [1.29, 1.82) is 0 Å². The molecular formula is C19H29N2O6P. The van der Waals surface area contributed by atoms with Crippen LogP contribution in [-0.4, -0.2) is 41.1 Å². The van der Waals surface area contributed by atoms with E-state index >= 15 is 0 Å². The number of aryl methyl sites for hydroxylation is 1. The van der Waals surface area contributed by atoms with Gasteiger partial charge in [-0.05, 0) is 46.1 Å². The Morgan fingerprint density at radius 2 is 2.11 bits per heavy atom. The van der Waals surface area contributed by atoms with Gasteiger partial charge in [0.2, 0.25) is 0 Å². The van der Waals surface area contributed by atoms with Crippen molar-refractivity contribution in [2.24, 2.45) is 5.41 Å². The average molecular weight is 412 g/mol. The first-order valence-corrected chi connectivity index (χ1v) is 10.9. The molecule has 0 saturated carbocycles. The lowest BCUT2D eigenvalue weighted by Gasteiger charge is -2.32. The Morgan fingerprint density at radius 1 is 1.39 bits per heavy atom. The fourth-order valence-corrected chi connectivity index (χ4v) is 4.85. The molecule has 0 aromatic heterocycles. The summed E-state index contributed by atoms with van der Waals surface area (Å²) in [6, 6.07) is 7.62. The second kappa shape index (κ2) is 9.18. The molecule has 1 saturated heterocycles. The predicted molar refractivity (Wildman–Crippen MR) is 104 cm³/mol. The molecule has 1 aliphatic rings. The zero-order valence-corrected chi connectivity index (χ0v) is 17.7. The SMILES string of the molecule is Cc1cccc(CNP(=O)(OCOC(=O)C(C)(C)C)C2CCCN(O)C2=O)c1. The zero-order valence-electron chi connectivity index (χ0n) is 16.8. The number of hydrogen-bond acceptors (Lipinski definition) is 6. The molecule has 2 rings (SSSR count). The highest BCUT2D eigenvalue weighted by Crippen LogP contribution is 2.51. The molecule has 0 bridgehead atoms. The van der Waals surface area contributed by atoms with Gasteiger partial charge in [-0.25, -0.2) is 10.2 Å². The van der Waals surface area contributed by atoms with Crippen molar-refractivity contribution in [1.82, 2.24) is 10.2 Å². The molecule has 1 aromatic rings. The second-order valence-corrected chi connectivity index (χ2v) is 10.4. The van der Waals surface area contributed by atoms with Crippen LogP contribution in [0.25, 0.3) is 0 Å². The lowest BCUT2D eigenvalue weighted by molar-refractivity contribution is -0.169. The number of ether oxygens (including phenoxy) is 1. The van der Waals surface area contributed by atoms with Crippen LogP contribution in [0.2, 0.25) is 0 Å². The number of hydrogen-bond donors (Lipinski definition) is 2. The number of esters is 1. The van der Waals surface area contributed by atoms with Gasteiger partial charge < -0.3 is 4.74 Å². The Labute approximate surface area is 165 Å². The second-order valence-electron chi connectivity index (χ2n) is 7.97. The first-order valence-electron chi connectivity index (χ1n) is 9.25. The topological polar surface area (TPSA) is 105 Å². The van der Waals surface area contributed by atoms with Gasteiger partial charge in [-0.3, -0.25) is 23.9 Å². The first-order chi connectivity index (χ1) is 13.0. The van der Waals surface area contributed by atoms with Gasteiger partial charge in [-0.15, -0.1) is 0 Å². The van der Waals surface area contributed by atoms with E-state index in [4.69, 9.17) is 9.26 Å². The molecule has 1 amide bonds. The van der Waals surface area contributed by atoms with Gasteiger partial charge in [0.15, 0.2) is 6.79 Å². The normalized spacial score (nSPS) is 20.0. The number of hydroxylamine groups is 2. The highest BCUT2D eigenvalue weighted by molar-refractivity contribution is 7.58. The molecule has 1 aliphatic heterocycles. The van der Waals surface area contributed by atoms with Crippen molar-refractivity contribution in [3.8, 4) is 0 Å². The molecule has 0 aliphatic carbocycles. The van der Waals surface area contributed by atoms with E-state index in [0.29, 0.717) is 17.9 Å². The lowest BCUT2D eigenvalue weighted by atomic mass is 9.98. The third kappa shape index (κ3) is 5.88. The largest absolute Gasteiger partial charge is 0.438 e. The summed E-state index contributed by atoms with van der Waals surface area (Å²) in [5, 5.41) is 13.2.